The predicted octanol–water partition coefficient (Wildman–Crippen LogP) is 3.46. The van der Waals surface area contributed by atoms with Crippen LogP contribution >= 0.6 is 11.6 Å². The van der Waals surface area contributed by atoms with Crippen LogP contribution < -0.4 is 10.5 Å². The van der Waals surface area contributed by atoms with Crippen LogP contribution in [0, 0.1) is 10.1 Å². The molecule has 0 unspecified atom stereocenters. The number of nitrogens with two attached hydrogens (primary N) is 1. The van der Waals surface area contributed by atoms with E-state index in [-0.39, 0.29) is 28.4 Å². The van der Waals surface area contributed by atoms with Gasteiger partial charge >= 0.3 is 5.69 Å². The first-order chi connectivity index (χ1) is 9.47. The lowest BCUT2D eigenvalue weighted by Gasteiger charge is -2.09. The molecular formula is C13H12ClN3O3. The molecule has 104 valence electrons. The Labute approximate surface area is 120 Å². The van der Waals surface area contributed by atoms with Gasteiger partial charge in [-0.2, -0.15) is 0 Å². The fraction of sp³-hybridized carbons (Fsp3) is 0.154. The summed E-state index contributed by atoms with van der Waals surface area (Å²) >= 11 is 5.74. The van der Waals surface area contributed by atoms with Crippen molar-refractivity contribution in [1.29, 1.82) is 0 Å². The molecule has 0 aliphatic heterocycles. The summed E-state index contributed by atoms with van der Waals surface area (Å²) < 4.78 is 5.45. The molecule has 20 heavy (non-hydrogen) atoms. The normalized spacial score (nSPS) is 11.9. The van der Waals surface area contributed by atoms with Crippen molar-refractivity contribution in [3.05, 3.63) is 57.2 Å². The van der Waals surface area contributed by atoms with E-state index >= 15 is 0 Å². The maximum atomic E-state index is 11.0. The summed E-state index contributed by atoms with van der Waals surface area (Å²) in [6.07, 6.45) is 1.54. The molecule has 0 saturated heterocycles. The lowest BCUT2D eigenvalue weighted by Crippen LogP contribution is -2.05. The fourth-order valence-corrected chi connectivity index (χ4v) is 1.76. The third-order valence-electron chi connectivity index (χ3n) is 2.62. The summed E-state index contributed by atoms with van der Waals surface area (Å²) in [6, 6.07) is 7.39. The second-order valence-electron chi connectivity index (χ2n) is 4.19. The number of pyridine rings is 1. The highest BCUT2D eigenvalue weighted by Gasteiger charge is 2.17. The first-order valence-electron chi connectivity index (χ1n) is 5.80. The molecular weight excluding hydrogens is 282 g/mol. The zero-order valence-corrected chi connectivity index (χ0v) is 11.4. The fourth-order valence-electron chi connectivity index (χ4n) is 1.60. The minimum absolute atomic E-state index is 0.0775. The molecule has 1 aromatic carbocycles. The van der Waals surface area contributed by atoms with Crippen molar-refractivity contribution in [2.45, 2.75) is 13.0 Å². The molecule has 0 amide bonds. The Balaban J connectivity index is 2.35. The largest absolute Gasteiger partial charge is 0.432 e. The topological polar surface area (TPSA) is 91.3 Å². The summed E-state index contributed by atoms with van der Waals surface area (Å²) in [7, 11) is 0. The van der Waals surface area contributed by atoms with E-state index < -0.39 is 4.92 Å². The van der Waals surface area contributed by atoms with Gasteiger partial charge < -0.3 is 10.5 Å². The molecule has 0 spiro atoms. The molecule has 2 rings (SSSR count). The maximum Gasteiger partial charge on any atom is 0.313 e. The average Bonchev–Trinajstić information content (AvgIpc) is 2.41. The minimum atomic E-state index is -0.559. The zero-order valence-electron chi connectivity index (χ0n) is 10.6. The van der Waals surface area contributed by atoms with Crippen LogP contribution in [0.2, 0.25) is 5.02 Å². The molecule has 0 radical (unpaired) electrons. The number of ether oxygens (including phenoxy) is 1. The van der Waals surface area contributed by atoms with E-state index in [4.69, 9.17) is 22.1 Å². The number of nitrogens with zero attached hydrogens (tertiary/aromatic N) is 2. The van der Waals surface area contributed by atoms with Gasteiger partial charge in [0.1, 0.15) is 0 Å². The van der Waals surface area contributed by atoms with Gasteiger partial charge in [-0.3, -0.25) is 10.1 Å². The van der Waals surface area contributed by atoms with Crippen LogP contribution in [0.3, 0.4) is 0 Å². The van der Waals surface area contributed by atoms with Crippen LogP contribution in [0.1, 0.15) is 18.5 Å². The van der Waals surface area contributed by atoms with Gasteiger partial charge in [-0.15, -0.1) is 0 Å². The van der Waals surface area contributed by atoms with Crippen LogP contribution in [0.5, 0.6) is 11.6 Å². The molecule has 0 fully saturated rings. The van der Waals surface area contributed by atoms with E-state index in [0.717, 1.165) is 5.56 Å². The Morgan fingerprint density at radius 3 is 2.80 bits per heavy atom. The van der Waals surface area contributed by atoms with Gasteiger partial charge in [-0.05, 0) is 30.7 Å². The number of benzene rings is 1. The highest BCUT2D eigenvalue weighted by atomic mass is 35.5. The Morgan fingerprint density at radius 1 is 1.40 bits per heavy atom. The van der Waals surface area contributed by atoms with E-state index in [1.165, 1.54) is 24.4 Å². The summed E-state index contributed by atoms with van der Waals surface area (Å²) in [4.78, 5) is 14.4. The Morgan fingerprint density at radius 2 is 2.15 bits per heavy atom. The number of aromatic nitrogens is 1. The SMILES string of the molecule is C[C@@H](N)c1ccnc(Oc2ccc(Cl)cc2[N+](=O)[O-])c1. The number of halogens is 1. The molecule has 7 heteroatoms. The molecule has 0 bridgehead atoms. The van der Waals surface area contributed by atoms with Gasteiger partial charge in [0.2, 0.25) is 11.6 Å². The van der Waals surface area contributed by atoms with Crippen molar-refractivity contribution in [3.8, 4) is 11.6 Å². The predicted molar refractivity (Wildman–Crippen MR) is 75.0 cm³/mol. The van der Waals surface area contributed by atoms with Gasteiger partial charge in [0, 0.05) is 29.4 Å². The van der Waals surface area contributed by atoms with Crippen LogP contribution in [0.4, 0.5) is 5.69 Å². The lowest BCUT2D eigenvalue weighted by atomic mass is 10.1. The van der Waals surface area contributed by atoms with E-state index in [1.807, 2.05) is 6.92 Å². The highest BCUT2D eigenvalue weighted by Crippen LogP contribution is 2.33. The number of nitro benzene ring substituents is 1. The van der Waals surface area contributed by atoms with Crippen molar-refractivity contribution in [2.24, 2.45) is 5.73 Å². The summed E-state index contributed by atoms with van der Waals surface area (Å²) in [5, 5.41) is 11.2. The second kappa shape index (κ2) is 5.85. The van der Waals surface area contributed by atoms with Gasteiger partial charge in [0.05, 0.1) is 4.92 Å². The van der Waals surface area contributed by atoms with Crippen LogP contribution in [-0.2, 0) is 0 Å². The number of hydrogen-bond donors (Lipinski definition) is 1. The molecule has 1 aromatic heterocycles. The van der Waals surface area contributed by atoms with Crippen LogP contribution in [0.15, 0.2) is 36.5 Å². The smallest absolute Gasteiger partial charge is 0.313 e. The molecule has 2 aromatic rings. The lowest BCUT2D eigenvalue weighted by molar-refractivity contribution is -0.385. The maximum absolute atomic E-state index is 11.0. The van der Waals surface area contributed by atoms with E-state index in [0.29, 0.717) is 0 Å². The number of rotatable bonds is 4. The van der Waals surface area contributed by atoms with Gasteiger partial charge in [-0.25, -0.2) is 4.98 Å². The molecule has 1 heterocycles. The molecule has 0 aliphatic carbocycles. The molecule has 6 nitrogen and oxygen atoms in total. The van der Waals surface area contributed by atoms with Crippen molar-refractivity contribution in [3.63, 3.8) is 0 Å². The average molecular weight is 294 g/mol. The quantitative estimate of drug-likeness (QED) is 0.688. The van der Waals surface area contributed by atoms with Gasteiger partial charge in [-0.1, -0.05) is 11.6 Å². The molecule has 2 N–H and O–H groups in total. The van der Waals surface area contributed by atoms with Gasteiger partial charge in [0.15, 0.2) is 0 Å². The second-order valence-corrected chi connectivity index (χ2v) is 4.62. The van der Waals surface area contributed by atoms with Crippen molar-refractivity contribution < 1.29 is 9.66 Å². The standard InChI is InChI=1S/C13H12ClN3O3/c1-8(15)9-4-5-16-13(6-9)20-12-3-2-10(14)7-11(12)17(18)19/h2-8H,15H2,1H3/t8-/m1/s1. The van der Waals surface area contributed by atoms with E-state index in [2.05, 4.69) is 4.98 Å². The molecule has 0 aliphatic rings. The molecule has 0 saturated carbocycles. The highest BCUT2D eigenvalue weighted by molar-refractivity contribution is 6.30. The summed E-state index contributed by atoms with van der Waals surface area (Å²) in [5.41, 5.74) is 6.37. The van der Waals surface area contributed by atoms with Crippen LogP contribution in [0.25, 0.3) is 0 Å². The summed E-state index contributed by atoms with van der Waals surface area (Å²) in [5.74, 6) is 0.318. The third kappa shape index (κ3) is 3.23. The van der Waals surface area contributed by atoms with E-state index in [9.17, 15) is 10.1 Å². The third-order valence-corrected chi connectivity index (χ3v) is 2.85. The number of hydrogen-bond acceptors (Lipinski definition) is 5. The zero-order chi connectivity index (χ0) is 14.7. The van der Waals surface area contributed by atoms with Crippen molar-refractivity contribution >= 4 is 17.3 Å². The molecule has 1 atom stereocenters. The Kier molecular flexibility index (Phi) is 4.16. The Hall–Kier alpha value is -2.18. The monoisotopic (exact) mass is 293 g/mol. The summed E-state index contributed by atoms with van der Waals surface area (Å²) in [6.45, 7) is 1.82. The first kappa shape index (κ1) is 14.2. The van der Waals surface area contributed by atoms with E-state index in [1.54, 1.807) is 12.1 Å². The Bertz CT molecular complexity index is 647. The van der Waals surface area contributed by atoms with Crippen molar-refractivity contribution in [1.82, 2.24) is 4.98 Å². The minimum Gasteiger partial charge on any atom is -0.432 e. The van der Waals surface area contributed by atoms with Crippen LogP contribution in [-0.4, -0.2) is 9.91 Å². The van der Waals surface area contributed by atoms with Gasteiger partial charge in [0.25, 0.3) is 0 Å². The number of nitro groups is 1. The van der Waals surface area contributed by atoms with Crippen molar-refractivity contribution in [2.75, 3.05) is 0 Å². The first-order valence-corrected chi connectivity index (χ1v) is 6.18.